The second-order valence-corrected chi connectivity index (χ2v) is 7.22. The molecule has 0 amide bonds. The summed E-state index contributed by atoms with van der Waals surface area (Å²) in [5.74, 6) is 3.65. The lowest BCUT2D eigenvalue weighted by atomic mass is 10.1. The average molecular weight is 447 g/mol. The first-order valence-electron chi connectivity index (χ1n) is 11.3. The first-order valence-corrected chi connectivity index (χ1v) is 13.6. The van der Waals surface area contributed by atoms with Gasteiger partial charge in [0.05, 0.1) is 6.04 Å². The SMILES string of the molecule is CC.CC.CC.CC.CCc1cc(CSCCN)cc(CSCC(N)C(C)=O)c1. The fraction of sp³-hybridized carbons (Fsp3) is 0.708. The minimum Gasteiger partial charge on any atom is -0.330 e. The van der Waals surface area contributed by atoms with Gasteiger partial charge in [0.25, 0.3) is 0 Å². The number of carbonyl (C=O) groups excluding carboxylic acids is 1. The van der Waals surface area contributed by atoms with Crippen LogP contribution in [-0.2, 0) is 22.7 Å². The monoisotopic (exact) mass is 446 g/mol. The molecule has 4 N–H and O–H groups in total. The summed E-state index contributed by atoms with van der Waals surface area (Å²) in [6, 6.07) is 6.45. The van der Waals surface area contributed by atoms with Gasteiger partial charge in [-0.3, -0.25) is 4.79 Å². The van der Waals surface area contributed by atoms with E-state index in [4.69, 9.17) is 11.5 Å². The molecule has 0 aromatic heterocycles. The maximum absolute atomic E-state index is 11.1. The lowest BCUT2D eigenvalue weighted by molar-refractivity contribution is -0.117. The number of carbonyl (C=O) groups is 1. The van der Waals surface area contributed by atoms with Gasteiger partial charge in [-0.2, -0.15) is 23.5 Å². The van der Waals surface area contributed by atoms with E-state index in [1.807, 2.05) is 67.2 Å². The zero-order chi connectivity index (χ0) is 23.7. The zero-order valence-electron chi connectivity index (χ0n) is 20.9. The van der Waals surface area contributed by atoms with Crippen molar-refractivity contribution < 1.29 is 4.79 Å². The van der Waals surface area contributed by atoms with Crippen molar-refractivity contribution in [3.05, 3.63) is 34.9 Å². The van der Waals surface area contributed by atoms with Gasteiger partial charge in [-0.15, -0.1) is 0 Å². The van der Waals surface area contributed by atoms with Gasteiger partial charge in [0, 0.05) is 29.6 Å². The number of Topliss-reactive ketones (excluding diaryl/α,β-unsaturated/α-hetero) is 1. The number of hydrogen-bond donors (Lipinski definition) is 2. The first kappa shape index (κ1) is 35.9. The van der Waals surface area contributed by atoms with E-state index < -0.39 is 0 Å². The molecule has 0 aliphatic heterocycles. The molecule has 1 aromatic carbocycles. The molecule has 0 saturated heterocycles. The molecule has 0 spiro atoms. The first-order chi connectivity index (χ1) is 14.1. The highest BCUT2D eigenvalue weighted by Crippen LogP contribution is 2.20. The van der Waals surface area contributed by atoms with Crippen molar-refractivity contribution in [3.8, 4) is 0 Å². The second kappa shape index (κ2) is 29.7. The summed E-state index contributed by atoms with van der Waals surface area (Å²) in [5.41, 5.74) is 15.3. The summed E-state index contributed by atoms with van der Waals surface area (Å²) in [7, 11) is 0. The summed E-state index contributed by atoms with van der Waals surface area (Å²) >= 11 is 3.60. The number of thioether (sulfide) groups is 2. The predicted molar refractivity (Wildman–Crippen MR) is 141 cm³/mol. The third-order valence-electron chi connectivity index (χ3n) is 3.14. The normalized spacial score (nSPS) is 9.79. The van der Waals surface area contributed by atoms with Crippen LogP contribution < -0.4 is 11.5 Å². The van der Waals surface area contributed by atoms with Crippen molar-refractivity contribution >= 4 is 29.3 Å². The van der Waals surface area contributed by atoms with E-state index in [1.54, 1.807) is 18.7 Å². The van der Waals surface area contributed by atoms with Crippen LogP contribution in [0.15, 0.2) is 18.2 Å². The number of ketones is 1. The molecule has 5 heteroatoms. The van der Waals surface area contributed by atoms with E-state index in [-0.39, 0.29) is 11.8 Å². The Morgan fingerprint density at radius 1 is 0.862 bits per heavy atom. The van der Waals surface area contributed by atoms with Crippen LogP contribution in [0.25, 0.3) is 0 Å². The van der Waals surface area contributed by atoms with Crippen LogP contribution in [0.4, 0.5) is 0 Å². The van der Waals surface area contributed by atoms with Crippen LogP contribution in [-0.4, -0.2) is 29.9 Å². The van der Waals surface area contributed by atoms with Crippen molar-refractivity contribution in [1.29, 1.82) is 0 Å². The lowest BCUT2D eigenvalue weighted by Crippen LogP contribution is -2.30. The van der Waals surface area contributed by atoms with Crippen LogP contribution >= 0.6 is 23.5 Å². The van der Waals surface area contributed by atoms with Crippen molar-refractivity contribution in [2.75, 3.05) is 18.1 Å². The maximum atomic E-state index is 11.1. The summed E-state index contributed by atoms with van der Waals surface area (Å²) in [6.07, 6.45) is 1.04. The van der Waals surface area contributed by atoms with Crippen molar-refractivity contribution in [2.24, 2.45) is 11.5 Å². The smallest absolute Gasteiger partial charge is 0.147 e. The van der Waals surface area contributed by atoms with E-state index in [0.29, 0.717) is 5.75 Å². The number of hydrogen-bond acceptors (Lipinski definition) is 5. The van der Waals surface area contributed by atoms with Gasteiger partial charge < -0.3 is 11.5 Å². The lowest BCUT2D eigenvalue weighted by Gasteiger charge is -2.10. The summed E-state index contributed by atoms with van der Waals surface area (Å²) in [6.45, 7) is 20.5. The number of aryl methyl sites for hydroxylation is 1. The Kier molecular flexibility index (Phi) is 36.8. The number of benzene rings is 1. The number of nitrogens with two attached hydrogens (primary N) is 2. The Labute approximate surface area is 191 Å². The molecule has 0 aliphatic rings. The highest BCUT2D eigenvalue weighted by molar-refractivity contribution is 7.98. The molecule has 1 atom stereocenters. The van der Waals surface area contributed by atoms with Gasteiger partial charge in [-0.1, -0.05) is 80.5 Å². The van der Waals surface area contributed by atoms with E-state index >= 15 is 0 Å². The molecule has 1 rings (SSSR count). The topological polar surface area (TPSA) is 69.1 Å². The highest BCUT2D eigenvalue weighted by Gasteiger charge is 2.08. The minimum absolute atomic E-state index is 0.0590. The van der Waals surface area contributed by atoms with Crippen molar-refractivity contribution in [2.45, 2.75) is 93.2 Å². The fourth-order valence-corrected chi connectivity index (χ4v) is 3.63. The molecule has 0 radical (unpaired) electrons. The fourth-order valence-electron chi connectivity index (χ4n) is 1.90. The number of rotatable bonds is 10. The third-order valence-corrected chi connectivity index (χ3v) is 5.33. The van der Waals surface area contributed by atoms with Crippen molar-refractivity contribution in [3.63, 3.8) is 0 Å². The van der Waals surface area contributed by atoms with Crippen LogP contribution in [0.1, 0.15) is 85.9 Å². The highest BCUT2D eigenvalue weighted by atomic mass is 32.2. The Morgan fingerprint density at radius 2 is 1.28 bits per heavy atom. The van der Waals surface area contributed by atoms with E-state index in [1.165, 1.54) is 16.7 Å². The third kappa shape index (κ3) is 22.0. The van der Waals surface area contributed by atoms with Gasteiger partial charge in [-0.25, -0.2) is 0 Å². The minimum atomic E-state index is -0.344. The summed E-state index contributed by atoms with van der Waals surface area (Å²) in [5, 5.41) is 0. The average Bonchev–Trinajstić information content (AvgIpc) is 2.79. The Hall–Kier alpha value is -0.490. The molecular formula is C24H50N2OS2. The zero-order valence-corrected chi connectivity index (χ0v) is 22.6. The molecule has 0 saturated carbocycles. The second-order valence-electron chi connectivity index (χ2n) is 5.08. The van der Waals surface area contributed by atoms with Crippen LogP contribution in [0.5, 0.6) is 0 Å². The standard InChI is InChI=1S/C16H26N2OS2.4C2H6/c1-3-13-6-14(9-20-5-4-17)8-15(7-13)10-21-11-16(18)12(2)19;4*1-2/h6-8,16H,3-5,9-11,17-18H2,1-2H3;4*1-2H3. The Bertz CT molecular complexity index is 455. The van der Waals surface area contributed by atoms with Gasteiger partial charge in [0.1, 0.15) is 5.78 Å². The quantitative estimate of drug-likeness (QED) is 0.391. The molecule has 3 nitrogen and oxygen atoms in total. The summed E-state index contributed by atoms with van der Waals surface area (Å²) in [4.78, 5) is 11.1. The summed E-state index contributed by atoms with van der Waals surface area (Å²) < 4.78 is 0. The molecule has 1 aromatic rings. The largest absolute Gasteiger partial charge is 0.330 e. The molecule has 0 bridgehead atoms. The van der Waals surface area contributed by atoms with Gasteiger partial charge in [-0.05, 0) is 30.0 Å². The molecular weight excluding hydrogens is 396 g/mol. The molecule has 1 unspecified atom stereocenters. The van der Waals surface area contributed by atoms with E-state index in [9.17, 15) is 4.79 Å². The molecule has 174 valence electrons. The van der Waals surface area contributed by atoms with E-state index in [0.717, 1.165) is 30.2 Å². The molecule has 0 fully saturated rings. The maximum Gasteiger partial charge on any atom is 0.147 e. The predicted octanol–water partition coefficient (Wildman–Crippen LogP) is 6.70. The Balaban J connectivity index is -0.000000347. The van der Waals surface area contributed by atoms with Crippen LogP contribution in [0.2, 0.25) is 0 Å². The molecule has 0 heterocycles. The van der Waals surface area contributed by atoms with Gasteiger partial charge in [0.2, 0.25) is 0 Å². The van der Waals surface area contributed by atoms with Crippen LogP contribution in [0, 0.1) is 0 Å². The van der Waals surface area contributed by atoms with Crippen molar-refractivity contribution in [1.82, 2.24) is 0 Å². The Morgan fingerprint density at radius 3 is 1.66 bits per heavy atom. The van der Waals surface area contributed by atoms with E-state index in [2.05, 4.69) is 25.1 Å². The molecule has 29 heavy (non-hydrogen) atoms. The van der Waals surface area contributed by atoms with Gasteiger partial charge in [0.15, 0.2) is 0 Å². The van der Waals surface area contributed by atoms with Gasteiger partial charge >= 0.3 is 0 Å². The van der Waals surface area contributed by atoms with Crippen LogP contribution in [0.3, 0.4) is 0 Å². The molecule has 0 aliphatic carbocycles.